The lowest BCUT2D eigenvalue weighted by Gasteiger charge is -2.35. The van der Waals surface area contributed by atoms with E-state index in [1.54, 1.807) is 25.4 Å². The third-order valence-electron chi connectivity index (χ3n) is 5.61. The minimum absolute atomic E-state index is 0.171. The smallest absolute Gasteiger partial charge is 0.251 e. The Kier molecular flexibility index (Phi) is 11.2. The molecule has 5 atom stereocenters. The molecule has 1 aliphatic rings. The predicted molar refractivity (Wildman–Crippen MR) is 124 cm³/mol. The molecular weight excluding hydrogens is 448 g/mol. The third-order valence-corrected chi connectivity index (χ3v) is 6.30. The topological polar surface area (TPSA) is 119 Å². The second-order valence-corrected chi connectivity index (χ2v) is 9.49. The molecular formula is C22H36N4O6S. The van der Waals surface area contributed by atoms with Gasteiger partial charge >= 0.3 is 0 Å². The lowest BCUT2D eigenvalue weighted by molar-refractivity contribution is -0.287. The van der Waals surface area contributed by atoms with Crippen LogP contribution in [0.5, 0.6) is 0 Å². The second-order valence-electron chi connectivity index (χ2n) is 8.60. The van der Waals surface area contributed by atoms with Crippen molar-refractivity contribution < 1.29 is 28.7 Å². The maximum Gasteiger partial charge on any atom is 0.251 e. The number of thiazole rings is 1. The number of hydrogen-bond donors (Lipinski definition) is 2. The van der Waals surface area contributed by atoms with Gasteiger partial charge in [0.25, 0.3) is 5.91 Å². The Morgan fingerprint density at radius 2 is 2.06 bits per heavy atom. The average molecular weight is 485 g/mol. The molecule has 1 aromatic rings. The zero-order valence-corrected chi connectivity index (χ0v) is 20.8. The molecule has 0 aromatic carbocycles. The fourth-order valence-electron chi connectivity index (χ4n) is 3.62. The van der Waals surface area contributed by atoms with Gasteiger partial charge in [0.05, 0.1) is 18.1 Å². The number of hydrogen-bond acceptors (Lipinski definition) is 8. The normalized spacial score (nSPS) is 19.9. The molecule has 2 heterocycles. The van der Waals surface area contributed by atoms with Gasteiger partial charge in [-0.05, 0) is 39.0 Å². The number of carbonyl (C=O) groups is 3. The number of nitrogens with one attached hydrogen (secondary N) is 2. The van der Waals surface area contributed by atoms with Crippen molar-refractivity contribution in [2.45, 2.75) is 77.9 Å². The van der Waals surface area contributed by atoms with Gasteiger partial charge in [-0.1, -0.05) is 13.8 Å². The Labute approximate surface area is 199 Å². The molecule has 1 fully saturated rings. The summed E-state index contributed by atoms with van der Waals surface area (Å²) in [6.07, 6.45) is 4.14. The highest BCUT2D eigenvalue weighted by molar-refractivity contribution is 7.13. The molecule has 1 unspecified atom stereocenters. The number of nitrogens with zero attached hydrogens (tertiary/aromatic N) is 2. The lowest BCUT2D eigenvalue weighted by atomic mass is 9.89. The van der Waals surface area contributed by atoms with E-state index in [9.17, 15) is 14.4 Å². The van der Waals surface area contributed by atoms with Crippen molar-refractivity contribution in [3.05, 3.63) is 11.6 Å². The van der Waals surface area contributed by atoms with E-state index in [1.807, 2.05) is 13.8 Å². The van der Waals surface area contributed by atoms with Crippen LogP contribution in [0.1, 0.15) is 53.4 Å². The summed E-state index contributed by atoms with van der Waals surface area (Å²) in [5.41, 5.74) is 0. The van der Waals surface area contributed by atoms with Gasteiger partial charge in [-0.3, -0.25) is 14.4 Å². The Balaban J connectivity index is 2.14. The number of anilines is 1. The Morgan fingerprint density at radius 1 is 1.30 bits per heavy atom. The predicted octanol–water partition coefficient (Wildman–Crippen LogP) is 2.57. The Hall–Kier alpha value is -2.08. The molecule has 2 rings (SSSR count). The monoisotopic (exact) mass is 484 g/mol. The summed E-state index contributed by atoms with van der Waals surface area (Å²) in [5, 5.41) is 8.86. The van der Waals surface area contributed by atoms with E-state index in [-0.39, 0.29) is 11.8 Å². The van der Waals surface area contributed by atoms with Crippen molar-refractivity contribution in [2.75, 3.05) is 19.0 Å². The largest absolute Gasteiger partial charge is 0.379 e. The lowest BCUT2D eigenvalue weighted by Crippen LogP contribution is -2.55. The number of aromatic nitrogens is 1. The fourth-order valence-corrected chi connectivity index (χ4v) is 4.15. The number of hydroxylamine groups is 2. The van der Waals surface area contributed by atoms with E-state index < -0.39 is 36.3 Å². The van der Waals surface area contributed by atoms with Crippen LogP contribution in [-0.4, -0.2) is 66.5 Å². The van der Waals surface area contributed by atoms with Crippen LogP contribution in [-0.2, 0) is 28.7 Å². The van der Waals surface area contributed by atoms with Crippen LogP contribution in [0.25, 0.3) is 0 Å². The number of amides is 3. The van der Waals surface area contributed by atoms with Gasteiger partial charge in [0.2, 0.25) is 12.3 Å². The van der Waals surface area contributed by atoms with E-state index in [1.165, 1.54) is 18.4 Å². The number of carbonyl (C=O) groups excluding carboxylic acids is 3. The summed E-state index contributed by atoms with van der Waals surface area (Å²) in [7, 11) is 1.47. The summed E-state index contributed by atoms with van der Waals surface area (Å²) in [6.45, 7) is 8.02. The van der Waals surface area contributed by atoms with Crippen molar-refractivity contribution in [3.63, 3.8) is 0 Å². The summed E-state index contributed by atoms with van der Waals surface area (Å²) in [6, 6.07) is -1.52. The third kappa shape index (κ3) is 8.33. The van der Waals surface area contributed by atoms with Crippen LogP contribution in [0.15, 0.2) is 11.6 Å². The second kappa shape index (κ2) is 13.6. The van der Waals surface area contributed by atoms with Gasteiger partial charge < -0.3 is 20.1 Å². The molecule has 3 amide bonds. The van der Waals surface area contributed by atoms with Gasteiger partial charge in [-0.15, -0.1) is 11.3 Å². The molecule has 0 spiro atoms. The summed E-state index contributed by atoms with van der Waals surface area (Å²) in [5.74, 6) is -1.23. The molecule has 0 bridgehead atoms. The molecule has 2 N–H and O–H groups in total. The van der Waals surface area contributed by atoms with Gasteiger partial charge in [0.1, 0.15) is 6.04 Å². The van der Waals surface area contributed by atoms with Gasteiger partial charge in [-0.2, -0.15) is 0 Å². The maximum atomic E-state index is 13.4. The fraction of sp³-hybridized carbons (Fsp3) is 0.727. The Bertz CT molecular complexity index is 741. The minimum Gasteiger partial charge on any atom is -0.379 e. The van der Waals surface area contributed by atoms with E-state index in [4.69, 9.17) is 14.3 Å². The first-order valence-electron chi connectivity index (χ1n) is 11.3. The first kappa shape index (κ1) is 27.2. The zero-order chi connectivity index (χ0) is 24.4. The molecule has 1 aliphatic heterocycles. The first-order chi connectivity index (χ1) is 15.8. The molecule has 33 heavy (non-hydrogen) atoms. The highest BCUT2D eigenvalue weighted by Crippen LogP contribution is 2.23. The van der Waals surface area contributed by atoms with Crippen molar-refractivity contribution in [3.8, 4) is 0 Å². The molecule has 10 nitrogen and oxygen atoms in total. The first-order valence-corrected chi connectivity index (χ1v) is 12.2. The number of rotatable bonds is 13. The van der Waals surface area contributed by atoms with Gasteiger partial charge in [0, 0.05) is 31.7 Å². The number of ether oxygens (including phenoxy) is 2. The summed E-state index contributed by atoms with van der Waals surface area (Å²) >= 11 is 1.28. The molecule has 1 saturated heterocycles. The van der Waals surface area contributed by atoms with Crippen molar-refractivity contribution in [1.82, 2.24) is 15.4 Å². The van der Waals surface area contributed by atoms with Crippen molar-refractivity contribution in [2.24, 2.45) is 11.8 Å². The van der Waals surface area contributed by atoms with E-state index in [2.05, 4.69) is 15.6 Å². The molecule has 0 aliphatic carbocycles. The van der Waals surface area contributed by atoms with E-state index in [0.29, 0.717) is 31.0 Å². The van der Waals surface area contributed by atoms with Crippen LogP contribution < -0.4 is 10.6 Å². The zero-order valence-electron chi connectivity index (χ0n) is 20.0. The molecule has 11 heteroatoms. The van der Waals surface area contributed by atoms with Crippen molar-refractivity contribution in [1.29, 1.82) is 0 Å². The SMILES string of the molecule is CO[C@H](C)[C@H](NC(=O)[C@H](CC(C)C)[C@H](C)N(C=O)OC1CCCCO1)C(=O)Nc1nccs1. The van der Waals surface area contributed by atoms with E-state index in [0.717, 1.165) is 17.9 Å². The van der Waals surface area contributed by atoms with Gasteiger partial charge in [-0.25, -0.2) is 14.9 Å². The maximum absolute atomic E-state index is 13.4. The van der Waals surface area contributed by atoms with E-state index >= 15 is 0 Å². The summed E-state index contributed by atoms with van der Waals surface area (Å²) < 4.78 is 10.9. The van der Waals surface area contributed by atoms with Crippen LogP contribution in [0, 0.1) is 11.8 Å². The minimum atomic E-state index is -0.944. The average Bonchev–Trinajstić information content (AvgIpc) is 3.31. The standard InChI is InChI=1S/C22H36N4O6S/c1-14(2)12-17(15(3)26(13-27)32-18-8-6-7-10-31-18)20(28)24-19(16(4)30-5)21(29)25-22-23-9-11-33-22/h9,11,13-19H,6-8,10,12H2,1-5H3,(H,24,28)(H,23,25,29)/t15-,16+,17+,18?,19-/m0/s1. The molecule has 186 valence electrons. The van der Waals surface area contributed by atoms with Crippen LogP contribution >= 0.6 is 11.3 Å². The van der Waals surface area contributed by atoms with Gasteiger partial charge in [0.15, 0.2) is 11.4 Å². The van der Waals surface area contributed by atoms with Crippen molar-refractivity contribution >= 4 is 34.7 Å². The molecule has 0 radical (unpaired) electrons. The quantitative estimate of drug-likeness (QED) is 0.326. The highest BCUT2D eigenvalue weighted by Gasteiger charge is 2.36. The van der Waals surface area contributed by atoms with Crippen LogP contribution in [0.2, 0.25) is 0 Å². The Morgan fingerprint density at radius 3 is 2.61 bits per heavy atom. The highest BCUT2D eigenvalue weighted by atomic mass is 32.1. The van der Waals surface area contributed by atoms with Crippen LogP contribution in [0.4, 0.5) is 5.13 Å². The summed E-state index contributed by atoms with van der Waals surface area (Å²) in [4.78, 5) is 47.9. The van der Waals surface area contributed by atoms with Crippen LogP contribution in [0.3, 0.4) is 0 Å². The molecule has 0 saturated carbocycles. The molecule has 1 aromatic heterocycles. The number of methoxy groups -OCH3 is 1.